The summed E-state index contributed by atoms with van der Waals surface area (Å²) < 4.78 is 10.6. The summed E-state index contributed by atoms with van der Waals surface area (Å²) in [7, 11) is 0. The van der Waals surface area contributed by atoms with Crippen molar-refractivity contribution in [2.45, 2.75) is 32.6 Å². The Balaban J connectivity index is 2.76. The molecule has 0 fully saturated rings. The summed E-state index contributed by atoms with van der Waals surface area (Å²) in [4.78, 5) is 0. The molecule has 0 unspecified atom stereocenters. The van der Waals surface area contributed by atoms with Crippen molar-refractivity contribution >= 4 is 15.9 Å². The zero-order chi connectivity index (χ0) is 9.78. The Bertz CT molecular complexity index is 79.0. The Kier molecular flexibility index (Phi) is 12.8. The number of hydrogen-bond acceptors (Lipinski definition) is 2. The maximum atomic E-state index is 5.39. The zero-order valence-corrected chi connectivity index (χ0v) is 10.1. The van der Waals surface area contributed by atoms with Gasteiger partial charge in [0.2, 0.25) is 0 Å². The lowest BCUT2D eigenvalue weighted by molar-refractivity contribution is 0.0525. The lowest BCUT2D eigenvalue weighted by Crippen LogP contribution is -2.06. The number of rotatable bonds is 10. The fraction of sp³-hybridized carbons (Fsp3) is 1.00. The Morgan fingerprint density at radius 3 is 2.15 bits per heavy atom. The number of ether oxygens (including phenoxy) is 2. The Morgan fingerprint density at radius 2 is 1.54 bits per heavy atom. The first kappa shape index (κ1) is 13.4. The Labute approximate surface area is 90.1 Å². The van der Waals surface area contributed by atoms with Crippen molar-refractivity contribution in [3.8, 4) is 0 Å². The van der Waals surface area contributed by atoms with Crippen molar-refractivity contribution in [1.82, 2.24) is 0 Å². The van der Waals surface area contributed by atoms with E-state index >= 15 is 0 Å². The fourth-order valence-corrected chi connectivity index (χ4v) is 1.24. The summed E-state index contributed by atoms with van der Waals surface area (Å²) in [6.07, 6.45) is 5.09. The fourth-order valence-electron chi connectivity index (χ4n) is 1.01. The molecular formula is C10H21BrO2. The van der Waals surface area contributed by atoms with Crippen molar-refractivity contribution in [2.75, 3.05) is 31.8 Å². The van der Waals surface area contributed by atoms with Crippen molar-refractivity contribution in [2.24, 2.45) is 0 Å². The van der Waals surface area contributed by atoms with E-state index in [1.807, 2.05) is 0 Å². The van der Waals surface area contributed by atoms with Crippen LogP contribution in [0.1, 0.15) is 32.6 Å². The molecular weight excluding hydrogens is 232 g/mol. The molecule has 0 rings (SSSR count). The molecule has 0 heterocycles. The Morgan fingerprint density at radius 1 is 0.846 bits per heavy atom. The van der Waals surface area contributed by atoms with Gasteiger partial charge in [0.05, 0.1) is 19.8 Å². The molecule has 0 aliphatic rings. The summed E-state index contributed by atoms with van der Waals surface area (Å²) in [6, 6.07) is 0. The third-order valence-electron chi connectivity index (χ3n) is 1.74. The van der Waals surface area contributed by atoms with Gasteiger partial charge in [-0.25, -0.2) is 0 Å². The standard InChI is InChI=1S/C10H21BrO2/c1-2-3-4-5-7-12-9-10-13-8-6-11/h2-10H2,1H3. The number of alkyl halides is 1. The quantitative estimate of drug-likeness (QED) is 0.440. The average Bonchev–Trinajstić information content (AvgIpc) is 2.16. The van der Waals surface area contributed by atoms with Gasteiger partial charge in [-0.2, -0.15) is 0 Å². The molecule has 0 aliphatic carbocycles. The predicted octanol–water partition coefficient (Wildman–Crippen LogP) is 2.99. The van der Waals surface area contributed by atoms with Crippen LogP contribution in [0, 0.1) is 0 Å². The van der Waals surface area contributed by atoms with Crippen LogP contribution in [0.4, 0.5) is 0 Å². The smallest absolute Gasteiger partial charge is 0.0700 e. The highest BCUT2D eigenvalue weighted by Crippen LogP contribution is 1.98. The molecule has 0 N–H and O–H groups in total. The molecule has 0 spiro atoms. The topological polar surface area (TPSA) is 18.5 Å². The molecule has 0 saturated heterocycles. The van der Waals surface area contributed by atoms with Crippen LogP contribution >= 0.6 is 15.9 Å². The Hall–Kier alpha value is 0.400. The highest BCUT2D eigenvalue weighted by molar-refractivity contribution is 9.09. The van der Waals surface area contributed by atoms with Gasteiger partial charge in [0.15, 0.2) is 0 Å². The molecule has 0 saturated carbocycles. The van der Waals surface area contributed by atoms with Crippen molar-refractivity contribution in [3.63, 3.8) is 0 Å². The van der Waals surface area contributed by atoms with E-state index in [0.29, 0.717) is 0 Å². The van der Waals surface area contributed by atoms with Crippen LogP contribution in [0.15, 0.2) is 0 Å². The molecule has 13 heavy (non-hydrogen) atoms. The van der Waals surface area contributed by atoms with E-state index in [1.54, 1.807) is 0 Å². The largest absolute Gasteiger partial charge is 0.379 e. The summed E-state index contributed by atoms with van der Waals surface area (Å²) in [5.41, 5.74) is 0. The van der Waals surface area contributed by atoms with E-state index in [2.05, 4.69) is 22.9 Å². The summed E-state index contributed by atoms with van der Waals surface area (Å²) >= 11 is 3.29. The molecule has 2 nitrogen and oxygen atoms in total. The molecule has 0 aromatic rings. The van der Waals surface area contributed by atoms with E-state index in [4.69, 9.17) is 9.47 Å². The number of hydrogen-bond donors (Lipinski definition) is 0. The second kappa shape index (κ2) is 12.4. The maximum Gasteiger partial charge on any atom is 0.0700 e. The first-order valence-electron chi connectivity index (χ1n) is 5.13. The van der Waals surface area contributed by atoms with Gasteiger partial charge in [0.1, 0.15) is 0 Å². The molecule has 0 aliphatic heterocycles. The summed E-state index contributed by atoms with van der Waals surface area (Å²) in [6.45, 7) is 5.34. The summed E-state index contributed by atoms with van der Waals surface area (Å²) in [5, 5.41) is 0.906. The van der Waals surface area contributed by atoms with E-state index in [0.717, 1.165) is 31.8 Å². The SMILES string of the molecule is CCCCCCOCCOCCBr. The molecule has 0 aromatic carbocycles. The second-order valence-electron chi connectivity index (χ2n) is 2.97. The predicted molar refractivity (Wildman–Crippen MR) is 59.6 cm³/mol. The third kappa shape index (κ3) is 12.4. The summed E-state index contributed by atoms with van der Waals surface area (Å²) in [5.74, 6) is 0. The maximum absolute atomic E-state index is 5.39. The van der Waals surface area contributed by atoms with E-state index in [-0.39, 0.29) is 0 Å². The minimum atomic E-state index is 0.722. The van der Waals surface area contributed by atoms with Crippen LogP contribution in [0.5, 0.6) is 0 Å². The lowest BCUT2D eigenvalue weighted by atomic mass is 10.2. The minimum absolute atomic E-state index is 0.722. The second-order valence-corrected chi connectivity index (χ2v) is 3.77. The van der Waals surface area contributed by atoms with Crippen LogP contribution in [-0.2, 0) is 9.47 Å². The monoisotopic (exact) mass is 252 g/mol. The highest BCUT2D eigenvalue weighted by Gasteiger charge is 1.90. The first-order chi connectivity index (χ1) is 6.41. The van der Waals surface area contributed by atoms with Crippen LogP contribution in [0.3, 0.4) is 0 Å². The molecule has 0 atom stereocenters. The zero-order valence-electron chi connectivity index (χ0n) is 8.56. The third-order valence-corrected chi connectivity index (χ3v) is 2.06. The lowest BCUT2D eigenvalue weighted by Gasteiger charge is -2.04. The molecule has 0 bridgehead atoms. The molecule has 0 amide bonds. The highest BCUT2D eigenvalue weighted by atomic mass is 79.9. The molecule has 0 radical (unpaired) electrons. The van der Waals surface area contributed by atoms with Crippen molar-refractivity contribution < 1.29 is 9.47 Å². The van der Waals surface area contributed by atoms with E-state index in [1.165, 1.54) is 25.7 Å². The molecule has 80 valence electrons. The van der Waals surface area contributed by atoms with E-state index in [9.17, 15) is 0 Å². The van der Waals surface area contributed by atoms with Gasteiger partial charge in [-0.05, 0) is 6.42 Å². The molecule has 3 heteroatoms. The van der Waals surface area contributed by atoms with E-state index < -0.39 is 0 Å². The number of halogens is 1. The van der Waals surface area contributed by atoms with Crippen LogP contribution in [0.2, 0.25) is 0 Å². The van der Waals surface area contributed by atoms with Crippen molar-refractivity contribution in [3.05, 3.63) is 0 Å². The number of unbranched alkanes of at least 4 members (excludes halogenated alkanes) is 3. The van der Waals surface area contributed by atoms with Crippen LogP contribution in [-0.4, -0.2) is 31.8 Å². The average molecular weight is 253 g/mol. The van der Waals surface area contributed by atoms with Crippen LogP contribution < -0.4 is 0 Å². The van der Waals surface area contributed by atoms with Gasteiger partial charge < -0.3 is 9.47 Å². The van der Waals surface area contributed by atoms with Gasteiger partial charge in [-0.3, -0.25) is 0 Å². The van der Waals surface area contributed by atoms with Crippen molar-refractivity contribution in [1.29, 1.82) is 0 Å². The van der Waals surface area contributed by atoms with Gasteiger partial charge in [0, 0.05) is 11.9 Å². The normalized spacial score (nSPS) is 10.6. The van der Waals surface area contributed by atoms with Gasteiger partial charge in [0.25, 0.3) is 0 Å². The first-order valence-corrected chi connectivity index (χ1v) is 6.25. The molecule has 0 aromatic heterocycles. The minimum Gasteiger partial charge on any atom is -0.379 e. The van der Waals surface area contributed by atoms with Gasteiger partial charge >= 0.3 is 0 Å². The van der Waals surface area contributed by atoms with Crippen LogP contribution in [0.25, 0.3) is 0 Å². The van der Waals surface area contributed by atoms with Gasteiger partial charge in [-0.1, -0.05) is 42.1 Å². The van der Waals surface area contributed by atoms with Gasteiger partial charge in [-0.15, -0.1) is 0 Å².